The summed E-state index contributed by atoms with van der Waals surface area (Å²) in [5.74, 6) is 1.36. The molecule has 0 spiro atoms. The molecule has 0 atom stereocenters. The quantitative estimate of drug-likeness (QED) is 0.325. The van der Waals surface area contributed by atoms with Crippen LogP contribution in [0.5, 0.6) is 0 Å². The van der Waals surface area contributed by atoms with Crippen LogP contribution in [0, 0.1) is 6.92 Å². The van der Waals surface area contributed by atoms with Gasteiger partial charge in [0, 0.05) is 0 Å². The number of rotatable bonds is 2. The third kappa shape index (κ3) is 8.32. The summed E-state index contributed by atoms with van der Waals surface area (Å²) in [6.45, 7) is 1.82. The second-order valence-electron chi connectivity index (χ2n) is 2.18. The maximum Gasteiger partial charge on any atom is 2.00 e. The van der Waals surface area contributed by atoms with Crippen LogP contribution in [0.2, 0.25) is 0 Å². The van der Waals surface area contributed by atoms with Gasteiger partial charge in [-0.2, -0.15) is 5.10 Å². The Kier molecular flexibility index (Phi) is 13.0. The van der Waals surface area contributed by atoms with Crippen molar-refractivity contribution in [2.45, 2.75) is 6.92 Å². The van der Waals surface area contributed by atoms with Gasteiger partial charge in [-0.05, 0) is 19.1 Å². The molecule has 0 aliphatic carbocycles. The van der Waals surface area contributed by atoms with Gasteiger partial charge in [-0.25, -0.2) is 10.2 Å². The van der Waals surface area contributed by atoms with Crippen molar-refractivity contribution in [1.29, 1.82) is 0 Å². The fourth-order valence-corrected chi connectivity index (χ4v) is 0.682. The van der Waals surface area contributed by atoms with Crippen LogP contribution >= 0.6 is 0 Å². The van der Waals surface area contributed by atoms with Gasteiger partial charge < -0.3 is 35.0 Å². The van der Waals surface area contributed by atoms with Crippen molar-refractivity contribution < 1.29 is 51.1 Å². The zero-order chi connectivity index (χ0) is 8.97. The minimum atomic E-state index is -0.700. The van der Waals surface area contributed by atoms with Gasteiger partial charge >= 0.3 is 23.1 Å². The molecule has 15 heavy (non-hydrogen) atoms. The van der Waals surface area contributed by atoms with E-state index in [0.717, 1.165) is 5.76 Å². The van der Waals surface area contributed by atoms with E-state index in [0.29, 0.717) is 5.76 Å². The summed E-state index contributed by atoms with van der Waals surface area (Å²) in [7, 11) is 0. The number of halogens is 2. The molecule has 3 N–H and O–H groups in total. The van der Waals surface area contributed by atoms with Crippen LogP contribution in [0.4, 0.5) is 4.79 Å². The van der Waals surface area contributed by atoms with Gasteiger partial charge in [0.05, 0.1) is 6.21 Å². The molecule has 2 amide bonds. The van der Waals surface area contributed by atoms with E-state index in [1.165, 1.54) is 6.21 Å². The van der Waals surface area contributed by atoms with Crippen molar-refractivity contribution >= 4 is 12.2 Å². The number of primary amides is 1. The SMILES string of the molecule is Cc1ccc(/C=N/NC(N)=O)o1.[Cl-].[Cl-].[Cu+2]. The van der Waals surface area contributed by atoms with Crippen molar-refractivity contribution in [1.82, 2.24) is 5.43 Å². The molecule has 0 aliphatic rings. The molecule has 8 heteroatoms. The predicted molar refractivity (Wildman–Crippen MR) is 43.8 cm³/mol. The summed E-state index contributed by atoms with van der Waals surface area (Å²) < 4.78 is 5.12. The van der Waals surface area contributed by atoms with Crippen LogP contribution in [-0.2, 0) is 17.1 Å². The predicted octanol–water partition coefficient (Wildman–Crippen LogP) is -5.40. The molecule has 0 aromatic carbocycles. The molecule has 1 heterocycles. The second-order valence-corrected chi connectivity index (χ2v) is 2.18. The second kappa shape index (κ2) is 9.86. The third-order valence-electron chi connectivity index (χ3n) is 1.13. The number of carbonyl (C=O) groups excluding carboxylic acids is 1. The number of nitrogens with one attached hydrogen (secondary N) is 1. The van der Waals surface area contributed by atoms with E-state index in [1.807, 2.05) is 6.92 Å². The first-order chi connectivity index (χ1) is 5.68. The molecule has 1 aromatic rings. The topological polar surface area (TPSA) is 80.6 Å². The smallest absolute Gasteiger partial charge is 1.00 e. The van der Waals surface area contributed by atoms with Crippen LogP contribution < -0.4 is 36.0 Å². The Bertz CT molecular complexity index is 317. The number of nitrogens with zero attached hydrogens (tertiary/aromatic N) is 1. The molecule has 0 unspecified atom stereocenters. The molecule has 0 fully saturated rings. The number of amides is 2. The van der Waals surface area contributed by atoms with Gasteiger partial charge in [0.15, 0.2) is 0 Å². The summed E-state index contributed by atoms with van der Waals surface area (Å²) >= 11 is 0. The Morgan fingerprint density at radius 3 is 2.53 bits per heavy atom. The van der Waals surface area contributed by atoms with Gasteiger partial charge in [-0.1, -0.05) is 0 Å². The van der Waals surface area contributed by atoms with Crippen LogP contribution in [0.25, 0.3) is 0 Å². The first-order valence-corrected chi connectivity index (χ1v) is 3.33. The fraction of sp³-hybridized carbons (Fsp3) is 0.143. The summed E-state index contributed by atoms with van der Waals surface area (Å²) in [5, 5.41) is 3.51. The molecule has 0 saturated heterocycles. The largest absolute Gasteiger partial charge is 2.00 e. The van der Waals surface area contributed by atoms with Gasteiger partial charge in [-0.15, -0.1) is 0 Å². The zero-order valence-corrected chi connectivity index (χ0v) is 10.1. The average molecular weight is 302 g/mol. The number of furan rings is 1. The summed E-state index contributed by atoms with van der Waals surface area (Å²) in [6, 6.07) is 2.84. The minimum absolute atomic E-state index is 0. The van der Waals surface area contributed by atoms with Gasteiger partial charge in [0.1, 0.15) is 11.5 Å². The molecule has 1 rings (SSSR count). The molecule has 5 nitrogen and oxygen atoms in total. The van der Waals surface area contributed by atoms with Crippen LogP contribution in [-0.4, -0.2) is 12.2 Å². The summed E-state index contributed by atoms with van der Waals surface area (Å²) in [4.78, 5) is 10.2. The molecule has 0 bridgehead atoms. The summed E-state index contributed by atoms with van der Waals surface area (Å²) in [5.41, 5.74) is 6.82. The van der Waals surface area contributed by atoms with E-state index < -0.39 is 6.03 Å². The Hall–Kier alpha value is -0.681. The van der Waals surface area contributed by atoms with Crippen molar-refractivity contribution in [3.05, 3.63) is 23.7 Å². The van der Waals surface area contributed by atoms with Gasteiger partial charge in [0.25, 0.3) is 0 Å². The molecular weight excluding hydrogens is 293 g/mol. The maximum atomic E-state index is 10.2. The fourth-order valence-electron chi connectivity index (χ4n) is 0.682. The van der Waals surface area contributed by atoms with Crippen molar-refractivity contribution in [3.63, 3.8) is 0 Å². The molecule has 0 saturated carbocycles. The van der Waals surface area contributed by atoms with Gasteiger partial charge in [0.2, 0.25) is 0 Å². The molecule has 1 radical (unpaired) electrons. The van der Waals surface area contributed by atoms with Crippen molar-refractivity contribution in [2.24, 2.45) is 10.8 Å². The number of hydrazone groups is 1. The van der Waals surface area contributed by atoms with Crippen molar-refractivity contribution in [3.8, 4) is 0 Å². The molecular formula is C7H9Cl2CuN3O2. The Labute approximate surface area is 110 Å². The van der Waals surface area contributed by atoms with Crippen molar-refractivity contribution in [2.75, 3.05) is 0 Å². The minimum Gasteiger partial charge on any atom is -1.00 e. The van der Waals surface area contributed by atoms with E-state index in [4.69, 9.17) is 10.2 Å². The van der Waals surface area contributed by atoms with E-state index in [1.54, 1.807) is 12.1 Å². The molecule has 1 aromatic heterocycles. The zero-order valence-electron chi connectivity index (χ0n) is 7.63. The van der Waals surface area contributed by atoms with Gasteiger partial charge in [-0.3, -0.25) is 0 Å². The average Bonchev–Trinajstić information content (AvgIpc) is 2.35. The van der Waals surface area contributed by atoms with Crippen LogP contribution in [0.1, 0.15) is 11.5 Å². The Balaban J connectivity index is -0.000000480. The normalized spacial score (nSPS) is 8.33. The first kappa shape index (κ1) is 19.8. The van der Waals surface area contributed by atoms with E-state index in [2.05, 4.69) is 10.5 Å². The first-order valence-electron chi connectivity index (χ1n) is 3.33. The number of urea groups is 1. The number of hydrogen-bond acceptors (Lipinski definition) is 3. The standard InChI is InChI=1S/C7H9N3O2.2ClH.Cu/c1-5-2-3-6(12-5)4-9-10-7(8)11;;;/h2-4H,1H3,(H3,8,10,11);2*1H;/q;;;+2/p-2/b9-4+;;;. The number of carbonyl (C=O) groups is 1. The Morgan fingerprint density at radius 1 is 1.53 bits per heavy atom. The molecule has 0 aliphatic heterocycles. The van der Waals surface area contributed by atoms with E-state index in [9.17, 15) is 4.79 Å². The van der Waals surface area contributed by atoms with E-state index in [-0.39, 0.29) is 41.9 Å². The maximum absolute atomic E-state index is 10.2. The number of aryl methyl sites for hydroxylation is 1. The third-order valence-corrected chi connectivity index (χ3v) is 1.13. The monoisotopic (exact) mass is 300 g/mol. The number of nitrogens with two attached hydrogens (primary N) is 1. The number of hydrogen-bond donors (Lipinski definition) is 2. The Morgan fingerprint density at radius 2 is 2.13 bits per heavy atom. The van der Waals surface area contributed by atoms with Crippen LogP contribution in [0.15, 0.2) is 21.7 Å². The summed E-state index contributed by atoms with van der Waals surface area (Å²) in [6.07, 6.45) is 1.37. The van der Waals surface area contributed by atoms with E-state index >= 15 is 0 Å². The van der Waals surface area contributed by atoms with Crippen LogP contribution in [0.3, 0.4) is 0 Å². The molecule has 89 valence electrons.